The van der Waals surface area contributed by atoms with Gasteiger partial charge in [-0.3, -0.25) is 0 Å². The van der Waals surface area contributed by atoms with Crippen molar-refractivity contribution in [2.75, 3.05) is 0 Å². The van der Waals surface area contributed by atoms with Crippen LogP contribution in [0.5, 0.6) is 0 Å². The predicted molar refractivity (Wildman–Crippen MR) is 90.4 cm³/mol. The second-order valence-corrected chi connectivity index (χ2v) is 7.02. The minimum atomic E-state index is -4.36. The van der Waals surface area contributed by atoms with Crippen molar-refractivity contribution < 1.29 is 13.2 Å². The number of aromatic nitrogens is 5. The summed E-state index contributed by atoms with van der Waals surface area (Å²) in [6.07, 6.45) is -3.38. The molecular weight excluding hydrogens is 371 g/mol. The van der Waals surface area contributed by atoms with Gasteiger partial charge in [0.05, 0.1) is 5.69 Å². The summed E-state index contributed by atoms with van der Waals surface area (Å²) in [6, 6.07) is 8.18. The Kier molecular flexibility index (Phi) is 5.38. The molecule has 0 N–H and O–H groups in total. The summed E-state index contributed by atoms with van der Waals surface area (Å²) in [7, 11) is 0. The minimum Gasteiger partial charge on any atom is -0.240 e. The molecule has 0 amide bonds. The van der Waals surface area contributed by atoms with Crippen molar-refractivity contribution in [2.24, 2.45) is 0 Å². The number of alkyl halides is 3. The van der Waals surface area contributed by atoms with Crippen LogP contribution in [0.4, 0.5) is 13.2 Å². The lowest BCUT2D eigenvalue weighted by Gasteiger charge is -2.06. The SMILES string of the molecule is CCc1ccc(-c2nc(CSc3nnnn3CC(F)(F)F)cs2)cc1. The summed E-state index contributed by atoms with van der Waals surface area (Å²) >= 11 is 2.64. The van der Waals surface area contributed by atoms with Crippen LogP contribution in [0.2, 0.25) is 0 Å². The van der Waals surface area contributed by atoms with Crippen LogP contribution in [0.3, 0.4) is 0 Å². The quantitative estimate of drug-likeness (QED) is 0.595. The van der Waals surface area contributed by atoms with E-state index < -0.39 is 12.7 Å². The van der Waals surface area contributed by atoms with E-state index in [1.807, 2.05) is 17.5 Å². The molecule has 132 valence electrons. The van der Waals surface area contributed by atoms with Crippen LogP contribution < -0.4 is 0 Å². The van der Waals surface area contributed by atoms with E-state index in [0.29, 0.717) is 5.75 Å². The van der Waals surface area contributed by atoms with E-state index in [-0.39, 0.29) is 5.16 Å². The number of halogens is 3. The molecule has 0 saturated carbocycles. The zero-order valence-corrected chi connectivity index (χ0v) is 14.8. The molecule has 0 spiro atoms. The number of rotatable bonds is 6. The highest BCUT2D eigenvalue weighted by Crippen LogP contribution is 2.28. The van der Waals surface area contributed by atoms with Crippen LogP contribution in [0.1, 0.15) is 18.2 Å². The summed E-state index contributed by atoms with van der Waals surface area (Å²) in [5, 5.41) is 13.2. The highest BCUT2D eigenvalue weighted by Gasteiger charge is 2.30. The van der Waals surface area contributed by atoms with Crippen molar-refractivity contribution in [3.05, 3.63) is 40.9 Å². The van der Waals surface area contributed by atoms with E-state index in [0.717, 1.165) is 39.1 Å². The zero-order valence-electron chi connectivity index (χ0n) is 13.2. The largest absolute Gasteiger partial charge is 0.408 e. The summed E-state index contributed by atoms with van der Waals surface area (Å²) in [5.74, 6) is 0.405. The molecule has 0 saturated heterocycles. The first-order valence-electron chi connectivity index (χ1n) is 7.44. The molecule has 0 aliphatic heterocycles. The summed E-state index contributed by atoms with van der Waals surface area (Å²) in [6.45, 7) is 0.897. The first-order chi connectivity index (χ1) is 11.9. The average molecular weight is 385 g/mol. The van der Waals surface area contributed by atoms with Crippen LogP contribution in [-0.2, 0) is 18.7 Å². The average Bonchev–Trinajstić information content (AvgIpc) is 3.21. The van der Waals surface area contributed by atoms with E-state index in [4.69, 9.17) is 0 Å². The molecule has 0 atom stereocenters. The second-order valence-electron chi connectivity index (χ2n) is 5.22. The lowest BCUT2D eigenvalue weighted by atomic mass is 10.1. The van der Waals surface area contributed by atoms with Crippen molar-refractivity contribution in [1.29, 1.82) is 0 Å². The molecule has 0 unspecified atom stereocenters. The van der Waals surface area contributed by atoms with Gasteiger partial charge >= 0.3 is 6.18 Å². The Morgan fingerprint density at radius 1 is 1.20 bits per heavy atom. The number of hydrogen-bond donors (Lipinski definition) is 0. The topological polar surface area (TPSA) is 56.5 Å². The van der Waals surface area contributed by atoms with Crippen LogP contribution in [0.15, 0.2) is 34.8 Å². The molecule has 10 heteroatoms. The molecule has 0 bridgehead atoms. The Balaban J connectivity index is 1.65. The van der Waals surface area contributed by atoms with Crippen LogP contribution >= 0.6 is 23.1 Å². The van der Waals surface area contributed by atoms with Crippen LogP contribution in [0, 0.1) is 0 Å². The van der Waals surface area contributed by atoms with Gasteiger partial charge in [-0.25, -0.2) is 9.67 Å². The molecule has 2 aromatic heterocycles. The zero-order chi connectivity index (χ0) is 17.9. The summed E-state index contributed by atoms with van der Waals surface area (Å²) in [4.78, 5) is 4.54. The molecule has 0 aliphatic carbocycles. The summed E-state index contributed by atoms with van der Waals surface area (Å²) < 4.78 is 38.2. The molecule has 3 aromatic rings. The molecule has 3 rings (SSSR count). The van der Waals surface area contributed by atoms with Crippen molar-refractivity contribution in [3.63, 3.8) is 0 Å². The van der Waals surface area contributed by atoms with E-state index in [1.165, 1.54) is 16.9 Å². The number of hydrogen-bond acceptors (Lipinski definition) is 6. The molecule has 0 fully saturated rings. The van der Waals surface area contributed by atoms with Crippen LogP contribution in [-0.4, -0.2) is 31.4 Å². The first kappa shape index (κ1) is 17.9. The fourth-order valence-electron chi connectivity index (χ4n) is 2.10. The third kappa shape index (κ3) is 4.79. The van der Waals surface area contributed by atoms with Crippen LogP contribution in [0.25, 0.3) is 10.6 Å². The third-order valence-corrected chi connectivity index (χ3v) is 5.27. The number of tetrazole rings is 1. The van der Waals surface area contributed by atoms with Crippen molar-refractivity contribution in [1.82, 2.24) is 25.2 Å². The number of aryl methyl sites for hydroxylation is 1. The van der Waals surface area contributed by atoms with Crippen molar-refractivity contribution in [2.45, 2.75) is 37.0 Å². The van der Waals surface area contributed by atoms with E-state index in [1.54, 1.807) is 0 Å². The highest BCUT2D eigenvalue weighted by atomic mass is 32.2. The maximum Gasteiger partial charge on any atom is 0.408 e. The number of thioether (sulfide) groups is 1. The third-order valence-electron chi connectivity index (χ3n) is 3.34. The Morgan fingerprint density at radius 3 is 2.64 bits per heavy atom. The Labute approximate surface area is 150 Å². The fourth-order valence-corrected chi connectivity index (χ4v) is 3.80. The molecule has 1 aromatic carbocycles. The highest BCUT2D eigenvalue weighted by molar-refractivity contribution is 7.98. The van der Waals surface area contributed by atoms with E-state index in [2.05, 4.69) is 39.6 Å². The van der Waals surface area contributed by atoms with Gasteiger partial charge in [0, 0.05) is 16.7 Å². The molecule has 0 aliphatic rings. The number of thiazole rings is 1. The normalized spacial score (nSPS) is 11.8. The number of nitrogens with zero attached hydrogens (tertiary/aromatic N) is 5. The Bertz CT molecular complexity index is 826. The van der Waals surface area contributed by atoms with Gasteiger partial charge in [0.15, 0.2) is 0 Å². The van der Waals surface area contributed by atoms with Gasteiger partial charge in [0.25, 0.3) is 0 Å². The van der Waals surface area contributed by atoms with Crippen molar-refractivity contribution in [3.8, 4) is 10.6 Å². The monoisotopic (exact) mass is 385 g/mol. The van der Waals surface area contributed by atoms with Gasteiger partial charge in [-0.15, -0.1) is 16.4 Å². The van der Waals surface area contributed by atoms with Gasteiger partial charge in [-0.2, -0.15) is 13.2 Å². The standard InChI is InChI=1S/C15H14F3N5S2/c1-2-10-3-5-11(6-4-10)13-19-12(7-24-13)8-25-14-20-21-22-23(14)9-15(16,17)18/h3-7H,2,8-9H2,1H3. The summed E-state index contributed by atoms with van der Waals surface area (Å²) in [5.41, 5.74) is 3.07. The maximum atomic E-state index is 12.5. The van der Waals surface area contributed by atoms with E-state index >= 15 is 0 Å². The lowest BCUT2D eigenvalue weighted by molar-refractivity contribution is -0.144. The Morgan fingerprint density at radius 2 is 1.96 bits per heavy atom. The molecular formula is C15H14F3N5S2. The molecule has 2 heterocycles. The van der Waals surface area contributed by atoms with Crippen molar-refractivity contribution >= 4 is 23.1 Å². The Hall–Kier alpha value is -1.94. The predicted octanol–water partition coefficient (Wildman–Crippen LogP) is 4.21. The van der Waals surface area contributed by atoms with Gasteiger partial charge < -0.3 is 0 Å². The fraction of sp³-hybridized carbons (Fsp3) is 0.333. The van der Waals surface area contributed by atoms with Gasteiger partial charge in [-0.1, -0.05) is 43.0 Å². The van der Waals surface area contributed by atoms with Gasteiger partial charge in [0.2, 0.25) is 5.16 Å². The molecule has 5 nitrogen and oxygen atoms in total. The second kappa shape index (κ2) is 7.52. The molecule has 25 heavy (non-hydrogen) atoms. The smallest absolute Gasteiger partial charge is 0.240 e. The minimum absolute atomic E-state index is 0.124. The number of benzene rings is 1. The molecule has 0 radical (unpaired) electrons. The van der Waals surface area contributed by atoms with E-state index in [9.17, 15) is 13.2 Å². The van der Waals surface area contributed by atoms with Gasteiger partial charge in [-0.05, 0) is 22.4 Å². The lowest BCUT2D eigenvalue weighted by Crippen LogP contribution is -2.19. The maximum absolute atomic E-state index is 12.5. The first-order valence-corrected chi connectivity index (χ1v) is 9.30. The van der Waals surface area contributed by atoms with Gasteiger partial charge in [0.1, 0.15) is 11.6 Å².